The van der Waals surface area contributed by atoms with Gasteiger partial charge in [0.25, 0.3) is 0 Å². The molecule has 1 N–H and O–H groups in total. The van der Waals surface area contributed by atoms with Crippen LogP contribution < -0.4 is 5.32 Å². The third-order valence-electron chi connectivity index (χ3n) is 2.32. The average Bonchev–Trinajstić information content (AvgIpc) is 2.35. The van der Waals surface area contributed by atoms with E-state index < -0.39 is 0 Å². The summed E-state index contributed by atoms with van der Waals surface area (Å²) in [5, 5.41) is 12.5. The summed E-state index contributed by atoms with van der Waals surface area (Å²) < 4.78 is 1.86. The van der Waals surface area contributed by atoms with Crippen LogP contribution in [0.2, 0.25) is 5.02 Å². The zero-order chi connectivity index (χ0) is 13.1. The van der Waals surface area contributed by atoms with Crippen molar-refractivity contribution in [1.29, 1.82) is 5.26 Å². The normalized spacial score (nSPS) is 9.89. The first-order valence-electron chi connectivity index (χ1n) is 5.02. The highest BCUT2D eigenvalue weighted by Crippen LogP contribution is 2.35. The van der Waals surface area contributed by atoms with E-state index in [1.165, 1.54) is 0 Å². The van der Waals surface area contributed by atoms with E-state index in [2.05, 4.69) is 43.2 Å². The molecule has 2 aromatic carbocycles. The summed E-state index contributed by atoms with van der Waals surface area (Å²) in [4.78, 5) is 0. The molecule has 2 rings (SSSR count). The lowest BCUT2D eigenvalue weighted by molar-refractivity contribution is 1.46. The van der Waals surface area contributed by atoms with Gasteiger partial charge in [-0.1, -0.05) is 17.7 Å². The zero-order valence-corrected chi connectivity index (χ0v) is 13.0. The molecule has 0 bridgehead atoms. The number of nitrogens with one attached hydrogen (secondary N) is 1. The average molecular weight is 386 g/mol. The molecule has 18 heavy (non-hydrogen) atoms. The van der Waals surface area contributed by atoms with Gasteiger partial charge in [0.05, 0.1) is 28.0 Å². The van der Waals surface area contributed by atoms with Crippen molar-refractivity contribution in [3.8, 4) is 6.07 Å². The van der Waals surface area contributed by atoms with E-state index >= 15 is 0 Å². The number of halogens is 3. The summed E-state index contributed by atoms with van der Waals surface area (Å²) in [5.41, 5.74) is 2.18. The van der Waals surface area contributed by atoms with Crippen molar-refractivity contribution in [2.24, 2.45) is 0 Å². The van der Waals surface area contributed by atoms with Gasteiger partial charge in [-0.15, -0.1) is 0 Å². The van der Waals surface area contributed by atoms with Crippen LogP contribution in [0.1, 0.15) is 5.56 Å². The lowest BCUT2D eigenvalue weighted by atomic mass is 10.2. The molecule has 0 saturated carbocycles. The molecule has 0 radical (unpaired) electrons. The molecule has 0 aliphatic carbocycles. The van der Waals surface area contributed by atoms with Gasteiger partial charge in [0.2, 0.25) is 0 Å². The van der Waals surface area contributed by atoms with Crippen LogP contribution >= 0.6 is 43.5 Å². The summed E-state index contributed by atoms with van der Waals surface area (Å²) in [5.74, 6) is 0. The Morgan fingerprint density at radius 1 is 1.11 bits per heavy atom. The lowest BCUT2D eigenvalue weighted by Crippen LogP contribution is -1.94. The fourth-order valence-electron chi connectivity index (χ4n) is 1.44. The number of para-hydroxylation sites is 1. The number of nitriles is 1. The quantitative estimate of drug-likeness (QED) is 0.742. The minimum Gasteiger partial charge on any atom is -0.352 e. The molecule has 0 aliphatic heterocycles. The number of nitrogens with zero attached hydrogens (tertiary/aromatic N) is 1. The van der Waals surface area contributed by atoms with E-state index in [-0.39, 0.29) is 0 Å². The summed E-state index contributed by atoms with van der Waals surface area (Å²) in [6, 6.07) is 13.0. The van der Waals surface area contributed by atoms with Gasteiger partial charge in [-0.25, -0.2) is 0 Å². The van der Waals surface area contributed by atoms with Crippen LogP contribution in [0.4, 0.5) is 11.4 Å². The summed E-state index contributed by atoms with van der Waals surface area (Å²) in [6.45, 7) is 0. The molecule has 0 atom stereocenters. The molecule has 0 heterocycles. The Morgan fingerprint density at radius 3 is 2.33 bits per heavy atom. The first kappa shape index (κ1) is 13.4. The van der Waals surface area contributed by atoms with E-state index in [1.54, 1.807) is 18.2 Å². The summed E-state index contributed by atoms with van der Waals surface area (Å²) in [6.07, 6.45) is 0. The maximum absolute atomic E-state index is 8.79. The molecule has 0 unspecified atom stereocenters. The van der Waals surface area contributed by atoms with Gasteiger partial charge in [-0.05, 0) is 62.2 Å². The van der Waals surface area contributed by atoms with Gasteiger partial charge >= 0.3 is 0 Å². The number of hydrogen-bond acceptors (Lipinski definition) is 2. The molecular weight excluding hydrogens is 379 g/mol. The minimum absolute atomic E-state index is 0.511. The van der Waals surface area contributed by atoms with Gasteiger partial charge in [-0.3, -0.25) is 0 Å². The fraction of sp³-hybridized carbons (Fsp3) is 0. The second-order valence-electron chi connectivity index (χ2n) is 3.53. The molecule has 0 aliphatic rings. The Kier molecular flexibility index (Phi) is 4.28. The first-order valence-corrected chi connectivity index (χ1v) is 6.99. The molecule has 0 spiro atoms. The third kappa shape index (κ3) is 2.86. The van der Waals surface area contributed by atoms with Crippen LogP contribution in [-0.4, -0.2) is 0 Å². The Balaban J connectivity index is 2.38. The van der Waals surface area contributed by atoms with Gasteiger partial charge < -0.3 is 5.32 Å². The van der Waals surface area contributed by atoms with E-state index in [4.69, 9.17) is 16.9 Å². The Morgan fingerprint density at radius 2 is 1.78 bits per heavy atom. The summed E-state index contributed by atoms with van der Waals surface area (Å²) in [7, 11) is 0. The second kappa shape index (κ2) is 5.75. The Hall–Kier alpha value is -1.02. The second-order valence-corrected chi connectivity index (χ2v) is 5.64. The van der Waals surface area contributed by atoms with Crippen molar-refractivity contribution in [3.63, 3.8) is 0 Å². The third-order valence-corrected chi connectivity index (χ3v) is 3.95. The largest absolute Gasteiger partial charge is 0.352 e. The predicted molar refractivity (Wildman–Crippen MR) is 81.3 cm³/mol. The topological polar surface area (TPSA) is 35.8 Å². The molecule has 0 fully saturated rings. The molecule has 90 valence electrons. The number of benzene rings is 2. The monoisotopic (exact) mass is 384 g/mol. The van der Waals surface area contributed by atoms with Gasteiger partial charge in [0, 0.05) is 8.95 Å². The summed E-state index contributed by atoms with van der Waals surface area (Å²) >= 11 is 13.1. The Bertz CT molecular complexity index is 615. The van der Waals surface area contributed by atoms with Crippen molar-refractivity contribution < 1.29 is 0 Å². The molecule has 0 amide bonds. The standard InChI is InChI=1S/C13H7Br2ClN2/c14-9-2-1-3-10(15)13(9)18-12-5-4-8(7-17)6-11(12)16/h1-6,18H. The first-order chi connectivity index (χ1) is 8.61. The van der Waals surface area contributed by atoms with Crippen LogP contribution in [0, 0.1) is 11.3 Å². The molecule has 5 heteroatoms. The molecule has 2 aromatic rings. The maximum Gasteiger partial charge on any atom is 0.0992 e. The highest BCUT2D eigenvalue weighted by Gasteiger charge is 2.07. The predicted octanol–water partition coefficient (Wildman–Crippen LogP) is 5.48. The molecule has 0 aromatic heterocycles. The smallest absolute Gasteiger partial charge is 0.0992 e. The SMILES string of the molecule is N#Cc1ccc(Nc2c(Br)cccc2Br)c(Cl)c1. The maximum atomic E-state index is 8.79. The van der Waals surface area contributed by atoms with Crippen LogP contribution in [0.25, 0.3) is 0 Å². The van der Waals surface area contributed by atoms with Crippen molar-refractivity contribution in [3.05, 3.63) is 55.9 Å². The van der Waals surface area contributed by atoms with E-state index in [9.17, 15) is 0 Å². The highest BCUT2D eigenvalue weighted by atomic mass is 79.9. The lowest BCUT2D eigenvalue weighted by Gasteiger charge is -2.12. The van der Waals surface area contributed by atoms with E-state index in [0.717, 1.165) is 20.3 Å². The minimum atomic E-state index is 0.511. The zero-order valence-electron chi connectivity index (χ0n) is 9.05. The highest BCUT2D eigenvalue weighted by molar-refractivity contribution is 9.11. The van der Waals surface area contributed by atoms with Crippen molar-refractivity contribution >= 4 is 54.8 Å². The molecular formula is C13H7Br2ClN2. The van der Waals surface area contributed by atoms with E-state index in [1.807, 2.05) is 18.2 Å². The van der Waals surface area contributed by atoms with Gasteiger partial charge in [-0.2, -0.15) is 5.26 Å². The van der Waals surface area contributed by atoms with E-state index in [0.29, 0.717) is 10.6 Å². The van der Waals surface area contributed by atoms with Crippen molar-refractivity contribution in [2.45, 2.75) is 0 Å². The number of hydrogen-bond donors (Lipinski definition) is 1. The van der Waals surface area contributed by atoms with Gasteiger partial charge in [0.15, 0.2) is 0 Å². The van der Waals surface area contributed by atoms with Crippen molar-refractivity contribution in [1.82, 2.24) is 0 Å². The fourth-order valence-corrected chi connectivity index (χ4v) is 2.86. The van der Waals surface area contributed by atoms with Crippen LogP contribution in [0.3, 0.4) is 0 Å². The van der Waals surface area contributed by atoms with Crippen LogP contribution in [0.5, 0.6) is 0 Å². The Labute approximate surface area is 127 Å². The van der Waals surface area contributed by atoms with Crippen LogP contribution in [-0.2, 0) is 0 Å². The molecule has 2 nitrogen and oxygen atoms in total. The van der Waals surface area contributed by atoms with Gasteiger partial charge in [0.1, 0.15) is 0 Å². The number of rotatable bonds is 2. The van der Waals surface area contributed by atoms with Crippen LogP contribution in [0.15, 0.2) is 45.3 Å². The van der Waals surface area contributed by atoms with Crippen molar-refractivity contribution in [2.75, 3.05) is 5.32 Å². The molecule has 0 saturated heterocycles. The number of anilines is 2.